The Bertz CT molecular complexity index is 981. The number of allylic oxidation sites excluding steroid dienone is 1. The van der Waals surface area contributed by atoms with E-state index >= 15 is 0 Å². The van der Waals surface area contributed by atoms with Gasteiger partial charge < -0.3 is 9.02 Å². The monoisotopic (exact) mass is 387 g/mol. The number of hydroxylamine groups is 2. The summed E-state index contributed by atoms with van der Waals surface area (Å²) in [5.74, 6) is -1.18. The summed E-state index contributed by atoms with van der Waals surface area (Å²) in [6.07, 6.45) is 1.21. The summed E-state index contributed by atoms with van der Waals surface area (Å²) in [5.41, 5.74) is 1.33. The highest BCUT2D eigenvalue weighted by molar-refractivity contribution is 7.86. The molecular formula is C19H17NO6S. The third kappa shape index (κ3) is 4.35. The zero-order chi connectivity index (χ0) is 19.4. The summed E-state index contributed by atoms with van der Waals surface area (Å²) in [4.78, 5) is 29.2. The molecule has 0 unspecified atom stereocenters. The molecule has 2 aromatic carbocycles. The van der Waals surface area contributed by atoms with Crippen LogP contribution >= 0.6 is 0 Å². The molecule has 0 spiro atoms. The number of hydrogen-bond acceptors (Lipinski definition) is 6. The van der Waals surface area contributed by atoms with Gasteiger partial charge in [-0.05, 0) is 31.2 Å². The first kappa shape index (κ1) is 18.7. The van der Waals surface area contributed by atoms with Crippen LogP contribution in [0.25, 0.3) is 0 Å². The van der Waals surface area contributed by atoms with E-state index in [1.165, 1.54) is 12.1 Å². The topological polar surface area (TPSA) is 90.0 Å². The van der Waals surface area contributed by atoms with E-state index in [1.54, 1.807) is 42.5 Å². The van der Waals surface area contributed by atoms with Crippen molar-refractivity contribution in [3.63, 3.8) is 0 Å². The van der Waals surface area contributed by atoms with E-state index < -0.39 is 22.0 Å². The highest BCUT2D eigenvalue weighted by Crippen LogP contribution is 2.25. The molecule has 1 saturated heterocycles. The van der Waals surface area contributed by atoms with Crippen molar-refractivity contribution in [2.24, 2.45) is 0 Å². The van der Waals surface area contributed by atoms with Crippen LogP contribution in [0, 0.1) is 6.92 Å². The van der Waals surface area contributed by atoms with Crippen molar-refractivity contribution in [3.05, 3.63) is 77.7 Å². The maximum absolute atomic E-state index is 12.3. The minimum atomic E-state index is -4.04. The lowest BCUT2D eigenvalue weighted by atomic mass is 10.2. The summed E-state index contributed by atoms with van der Waals surface area (Å²) in [6.45, 7) is 1.84. The maximum Gasteiger partial charge on any atom is 0.363 e. The van der Waals surface area contributed by atoms with Crippen molar-refractivity contribution >= 4 is 22.0 Å². The number of hydrogen-bond donors (Lipinski definition) is 0. The molecule has 1 amide bonds. The molecule has 0 N–H and O–H groups in total. The van der Waals surface area contributed by atoms with Crippen LogP contribution in [0.1, 0.15) is 28.8 Å². The maximum atomic E-state index is 12.3. The van der Waals surface area contributed by atoms with Gasteiger partial charge in [0.05, 0.1) is 11.3 Å². The molecule has 0 aliphatic carbocycles. The highest BCUT2D eigenvalue weighted by Gasteiger charge is 2.31. The van der Waals surface area contributed by atoms with Gasteiger partial charge in [-0.25, -0.2) is 4.79 Å². The first-order valence-electron chi connectivity index (χ1n) is 8.16. The van der Waals surface area contributed by atoms with Gasteiger partial charge in [0.25, 0.3) is 5.91 Å². The first-order chi connectivity index (χ1) is 12.9. The molecule has 1 aliphatic rings. The Labute approximate surface area is 156 Å². The molecule has 0 saturated carbocycles. The average molecular weight is 387 g/mol. The lowest BCUT2D eigenvalue weighted by Crippen LogP contribution is -2.27. The summed E-state index contributed by atoms with van der Waals surface area (Å²) in [6, 6.07) is 14.3. The van der Waals surface area contributed by atoms with Gasteiger partial charge in [0.1, 0.15) is 11.2 Å². The van der Waals surface area contributed by atoms with Crippen molar-refractivity contribution in [1.29, 1.82) is 0 Å². The van der Waals surface area contributed by atoms with Gasteiger partial charge in [-0.3, -0.25) is 4.79 Å². The van der Waals surface area contributed by atoms with E-state index in [1.807, 2.05) is 6.92 Å². The number of carbonyl (C=O) groups excluding carboxylic acids is 2. The molecule has 0 aromatic heterocycles. The van der Waals surface area contributed by atoms with E-state index in [0.29, 0.717) is 0 Å². The summed E-state index contributed by atoms with van der Waals surface area (Å²) >= 11 is 0. The summed E-state index contributed by atoms with van der Waals surface area (Å²) in [7, 11) is -4.04. The standard InChI is InChI=1S/C19H17NO6S/c1-14-7-10-17(11-8-14)27(23,24)25-13-16-9-12-18(21)20(16)26-19(22)15-5-3-2-4-6-15/h2-8,10-11,13H,9,12H2,1H3. The molecule has 0 atom stereocenters. The largest absolute Gasteiger partial charge is 0.385 e. The van der Waals surface area contributed by atoms with E-state index in [9.17, 15) is 18.0 Å². The number of carbonyl (C=O) groups is 2. The van der Waals surface area contributed by atoms with Crippen molar-refractivity contribution < 1.29 is 27.0 Å². The number of amides is 1. The lowest BCUT2D eigenvalue weighted by Gasteiger charge is -2.16. The fourth-order valence-electron chi connectivity index (χ4n) is 2.40. The molecule has 1 heterocycles. The molecule has 140 valence electrons. The molecule has 0 radical (unpaired) electrons. The van der Waals surface area contributed by atoms with Crippen LogP contribution < -0.4 is 0 Å². The SMILES string of the molecule is Cc1ccc(S(=O)(=O)OC=C2CCC(=O)N2OC(=O)c2ccccc2)cc1. The second-order valence-electron chi connectivity index (χ2n) is 5.91. The van der Waals surface area contributed by atoms with Crippen molar-refractivity contribution in [3.8, 4) is 0 Å². The molecule has 27 heavy (non-hydrogen) atoms. The van der Waals surface area contributed by atoms with Crippen LogP contribution in [-0.4, -0.2) is 25.4 Å². The Morgan fingerprint density at radius 2 is 1.70 bits per heavy atom. The highest BCUT2D eigenvalue weighted by atomic mass is 32.2. The number of rotatable bonds is 5. The number of aryl methyl sites for hydroxylation is 1. The zero-order valence-electron chi connectivity index (χ0n) is 14.5. The van der Waals surface area contributed by atoms with Crippen LogP contribution in [0.3, 0.4) is 0 Å². The first-order valence-corrected chi connectivity index (χ1v) is 9.57. The van der Waals surface area contributed by atoms with E-state index in [-0.39, 0.29) is 29.0 Å². The van der Waals surface area contributed by atoms with Crippen LogP contribution in [0.15, 0.2) is 71.5 Å². The lowest BCUT2D eigenvalue weighted by molar-refractivity contribution is -0.153. The van der Waals surface area contributed by atoms with Gasteiger partial charge in [-0.2, -0.15) is 8.42 Å². The molecule has 1 aliphatic heterocycles. The van der Waals surface area contributed by atoms with Crippen LogP contribution in [0.5, 0.6) is 0 Å². The van der Waals surface area contributed by atoms with Crippen LogP contribution in [0.2, 0.25) is 0 Å². The number of nitrogens with zero attached hydrogens (tertiary/aromatic N) is 1. The van der Waals surface area contributed by atoms with E-state index in [2.05, 4.69) is 0 Å². The quantitative estimate of drug-likeness (QED) is 0.579. The van der Waals surface area contributed by atoms with Gasteiger partial charge in [-0.1, -0.05) is 35.9 Å². The van der Waals surface area contributed by atoms with Gasteiger partial charge in [-0.15, -0.1) is 5.06 Å². The molecule has 8 heteroatoms. The predicted molar refractivity (Wildman–Crippen MR) is 95.5 cm³/mol. The van der Waals surface area contributed by atoms with Crippen LogP contribution in [0.4, 0.5) is 0 Å². The fraction of sp³-hybridized carbons (Fsp3) is 0.158. The second kappa shape index (κ2) is 7.63. The number of benzene rings is 2. The Kier molecular flexibility index (Phi) is 5.27. The van der Waals surface area contributed by atoms with Crippen molar-refractivity contribution in [2.45, 2.75) is 24.7 Å². The molecule has 1 fully saturated rings. The van der Waals surface area contributed by atoms with Gasteiger partial charge in [0.15, 0.2) is 0 Å². The third-order valence-corrected chi connectivity index (χ3v) is 5.09. The van der Waals surface area contributed by atoms with E-state index in [0.717, 1.165) is 16.9 Å². The smallest absolute Gasteiger partial charge is 0.363 e. The molecule has 7 nitrogen and oxygen atoms in total. The predicted octanol–water partition coefficient (Wildman–Crippen LogP) is 2.94. The Hall–Kier alpha value is -3.13. The third-order valence-electron chi connectivity index (χ3n) is 3.89. The molecule has 2 aromatic rings. The molecular weight excluding hydrogens is 370 g/mol. The average Bonchev–Trinajstić information content (AvgIpc) is 3.01. The van der Waals surface area contributed by atoms with Crippen molar-refractivity contribution in [2.75, 3.05) is 0 Å². The Morgan fingerprint density at radius 3 is 2.37 bits per heavy atom. The normalized spacial score (nSPS) is 15.8. The minimum Gasteiger partial charge on any atom is -0.385 e. The molecule has 0 bridgehead atoms. The Morgan fingerprint density at radius 1 is 1.04 bits per heavy atom. The van der Waals surface area contributed by atoms with Gasteiger partial charge in [0.2, 0.25) is 0 Å². The molecule has 3 rings (SSSR count). The summed E-state index contributed by atoms with van der Waals surface area (Å²) < 4.78 is 29.4. The van der Waals surface area contributed by atoms with E-state index in [4.69, 9.17) is 9.02 Å². The van der Waals surface area contributed by atoms with Gasteiger partial charge >= 0.3 is 16.1 Å². The zero-order valence-corrected chi connectivity index (χ0v) is 15.3. The Balaban J connectivity index is 1.75. The van der Waals surface area contributed by atoms with Crippen molar-refractivity contribution in [1.82, 2.24) is 5.06 Å². The summed E-state index contributed by atoms with van der Waals surface area (Å²) in [5, 5.41) is 0.778. The van der Waals surface area contributed by atoms with Crippen LogP contribution in [-0.2, 0) is 23.9 Å². The van der Waals surface area contributed by atoms with Gasteiger partial charge in [0, 0.05) is 12.8 Å². The second-order valence-corrected chi connectivity index (χ2v) is 7.48. The minimum absolute atomic E-state index is 0.0119. The fourth-order valence-corrected chi connectivity index (χ4v) is 3.22.